The predicted molar refractivity (Wildman–Crippen MR) is 231 cm³/mol. The van der Waals surface area contributed by atoms with Crippen molar-refractivity contribution >= 4 is 7.82 Å². The van der Waals surface area contributed by atoms with E-state index in [1.807, 2.05) is 14.1 Å². The lowest BCUT2D eigenvalue weighted by molar-refractivity contribution is -0.890. The molecular weight excluding hydrogens is 729 g/mol. The van der Waals surface area contributed by atoms with Crippen LogP contribution >= 0.6 is 7.82 Å². The van der Waals surface area contributed by atoms with Crippen molar-refractivity contribution in [3.8, 4) is 0 Å². The number of hydrogen-bond donors (Lipinski definition) is 1. The molecule has 1 unspecified atom stereocenters. The van der Waals surface area contributed by atoms with E-state index in [0.717, 1.165) is 25.7 Å². The van der Waals surface area contributed by atoms with E-state index >= 15 is 0 Å². The minimum Gasteiger partial charge on any atom is -0.756 e. The second-order valence-electron chi connectivity index (χ2n) is 16.7. The fourth-order valence-corrected chi connectivity index (χ4v) is 7.45. The number of hydrogen-bond acceptors (Lipinski definition) is 9. The summed E-state index contributed by atoms with van der Waals surface area (Å²) in [7, 11) is -0.490. The van der Waals surface area contributed by atoms with Gasteiger partial charge in [-0.05, 0) is 12.8 Å². The Bertz CT molecular complexity index is 822. The standard InChI is InChI=1S/C45H94NO9P/c1-5-7-9-11-13-15-17-19-21-23-25-27-29-31-36-52-43-45(53-37-32-30-28-26-24-22-20-18-16-14-12-10-8-6-2)44-55-56(48,49)54-39-34-46(3,4)33-38-50-41-42-51-40-35-47/h45,47H,5-44H2,1-4H3/t45-/m0/s1. The Kier molecular flexibility index (Phi) is 42.9. The molecule has 0 saturated heterocycles. The van der Waals surface area contributed by atoms with E-state index in [9.17, 15) is 9.46 Å². The average Bonchev–Trinajstić information content (AvgIpc) is 3.17. The lowest BCUT2D eigenvalue weighted by Gasteiger charge is -2.31. The van der Waals surface area contributed by atoms with E-state index in [1.165, 1.54) is 154 Å². The highest BCUT2D eigenvalue weighted by Gasteiger charge is 2.20. The molecule has 0 fully saturated rings. The predicted octanol–water partition coefficient (Wildman–Crippen LogP) is 11.0. The van der Waals surface area contributed by atoms with Crippen LogP contribution in [0.1, 0.15) is 194 Å². The van der Waals surface area contributed by atoms with Crippen molar-refractivity contribution in [1.82, 2.24) is 0 Å². The summed E-state index contributed by atoms with van der Waals surface area (Å²) in [6, 6.07) is 0. The molecule has 56 heavy (non-hydrogen) atoms. The Morgan fingerprint density at radius 3 is 1.30 bits per heavy atom. The summed E-state index contributed by atoms with van der Waals surface area (Å²) >= 11 is 0. The van der Waals surface area contributed by atoms with Crippen LogP contribution in [-0.4, -0.2) is 109 Å². The van der Waals surface area contributed by atoms with Crippen molar-refractivity contribution in [3.05, 3.63) is 0 Å². The van der Waals surface area contributed by atoms with Crippen molar-refractivity contribution in [3.63, 3.8) is 0 Å². The molecule has 0 bridgehead atoms. The average molecular weight is 824 g/mol. The van der Waals surface area contributed by atoms with Crippen molar-refractivity contribution < 1.29 is 47.0 Å². The van der Waals surface area contributed by atoms with E-state index in [-0.39, 0.29) is 19.8 Å². The summed E-state index contributed by atoms with van der Waals surface area (Å²) in [5, 5.41) is 8.76. The zero-order valence-corrected chi connectivity index (χ0v) is 38.4. The molecule has 0 aliphatic carbocycles. The van der Waals surface area contributed by atoms with Gasteiger partial charge >= 0.3 is 0 Å². The van der Waals surface area contributed by atoms with E-state index in [2.05, 4.69) is 13.8 Å². The van der Waals surface area contributed by atoms with Crippen molar-refractivity contribution in [1.29, 1.82) is 0 Å². The topological polar surface area (TPSA) is 116 Å². The lowest BCUT2D eigenvalue weighted by atomic mass is 10.0. The Labute approximate surface area is 347 Å². The molecule has 0 aromatic heterocycles. The maximum atomic E-state index is 12.7. The van der Waals surface area contributed by atoms with Crippen LogP contribution in [0.5, 0.6) is 0 Å². The van der Waals surface area contributed by atoms with Gasteiger partial charge in [0.1, 0.15) is 25.8 Å². The van der Waals surface area contributed by atoms with Gasteiger partial charge in [0.25, 0.3) is 7.82 Å². The van der Waals surface area contributed by atoms with Crippen LogP contribution in [0.25, 0.3) is 0 Å². The third-order valence-corrected chi connectivity index (χ3v) is 11.6. The molecule has 11 heteroatoms. The van der Waals surface area contributed by atoms with Gasteiger partial charge < -0.3 is 42.5 Å². The minimum atomic E-state index is -4.49. The normalized spacial score (nSPS) is 13.8. The number of aliphatic hydroxyl groups is 1. The maximum Gasteiger partial charge on any atom is 0.268 e. The quantitative estimate of drug-likeness (QED) is 0.0364. The number of nitrogens with zero attached hydrogens (tertiary/aromatic N) is 1. The van der Waals surface area contributed by atoms with Crippen LogP contribution < -0.4 is 4.89 Å². The highest BCUT2D eigenvalue weighted by atomic mass is 31.2. The van der Waals surface area contributed by atoms with Crippen molar-refractivity contribution in [2.45, 2.75) is 200 Å². The Morgan fingerprint density at radius 1 is 0.464 bits per heavy atom. The van der Waals surface area contributed by atoms with Crippen molar-refractivity contribution in [2.75, 3.05) is 93.3 Å². The zero-order chi connectivity index (χ0) is 41.1. The van der Waals surface area contributed by atoms with E-state index in [4.69, 9.17) is 33.1 Å². The smallest absolute Gasteiger partial charge is 0.268 e. The molecule has 0 rings (SSSR count). The van der Waals surface area contributed by atoms with Gasteiger partial charge in [0.15, 0.2) is 0 Å². The van der Waals surface area contributed by atoms with Crippen LogP contribution in [0.2, 0.25) is 0 Å². The van der Waals surface area contributed by atoms with Gasteiger partial charge in [-0.3, -0.25) is 4.57 Å². The molecule has 0 amide bonds. The second-order valence-corrected chi connectivity index (χ2v) is 18.1. The maximum absolute atomic E-state index is 12.7. The van der Waals surface area contributed by atoms with Crippen LogP contribution in [0.3, 0.4) is 0 Å². The van der Waals surface area contributed by atoms with Gasteiger partial charge in [-0.15, -0.1) is 0 Å². The summed E-state index contributed by atoms with van der Waals surface area (Å²) in [4.78, 5) is 12.7. The van der Waals surface area contributed by atoms with Gasteiger partial charge in [0.05, 0.1) is 60.3 Å². The molecule has 0 aromatic carbocycles. The van der Waals surface area contributed by atoms with Crippen LogP contribution in [-0.2, 0) is 32.6 Å². The van der Waals surface area contributed by atoms with Crippen LogP contribution in [0.4, 0.5) is 0 Å². The second kappa shape index (κ2) is 43.0. The van der Waals surface area contributed by atoms with Crippen molar-refractivity contribution in [2.24, 2.45) is 0 Å². The third-order valence-electron chi connectivity index (χ3n) is 10.6. The first-order valence-electron chi connectivity index (χ1n) is 23.6. The Morgan fingerprint density at radius 2 is 0.857 bits per heavy atom. The van der Waals surface area contributed by atoms with Gasteiger partial charge in [-0.1, -0.05) is 181 Å². The molecule has 0 aliphatic heterocycles. The monoisotopic (exact) mass is 824 g/mol. The minimum absolute atomic E-state index is 0.00222. The first-order chi connectivity index (χ1) is 27.3. The number of rotatable bonds is 48. The van der Waals surface area contributed by atoms with E-state index in [0.29, 0.717) is 63.8 Å². The molecule has 1 N–H and O–H groups in total. The number of unbranched alkanes of at least 4 members (excludes halogenated alkanes) is 26. The highest BCUT2D eigenvalue weighted by molar-refractivity contribution is 7.45. The molecule has 338 valence electrons. The van der Waals surface area contributed by atoms with Gasteiger partial charge in [0, 0.05) is 13.2 Å². The van der Waals surface area contributed by atoms with Gasteiger partial charge in [-0.2, -0.15) is 0 Å². The molecule has 0 radical (unpaired) electrons. The Hall–Kier alpha value is -0.130. The number of phosphoric ester groups is 1. The molecule has 10 nitrogen and oxygen atoms in total. The Balaban J connectivity index is 4.35. The number of likely N-dealkylation sites (N-methyl/N-ethyl adjacent to an activating group) is 1. The lowest BCUT2D eigenvalue weighted by Crippen LogP contribution is -2.44. The van der Waals surface area contributed by atoms with Gasteiger partial charge in [-0.25, -0.2) is 0 Å². The van der Waals surface area contributed by atoms with Crippen LogP contribution in [0, 0.1) is 0 Å². The van der Waals surface area contributed by atoms with Gasteiger partial charge in [0.2, 0.25) is 0 Å². The summed E-state index contributed by atoms with van der Waals surface area (Å²) in [6.07, 6.45) is 36.2. The fourth-order valence-electron chi connectivity index (χ4n) is 6.73. The molecular formula is C45H94NO9P. The first kappa shape index (κ1) is 55.9. The number of ether oxygens (including phenoxy) is 4. The first-order valence-corrected chi connectivity index (χ1v) is 25.1. The summed E-state index contributed by atoms with van der Waals surface area (Å²) in [5.41, 5.74) is 0. The third kappa shape index (κ3) is 43.4. The zero-order valence-electron chi connectivity index (χ0n) is 37.5. The van der Waals surface area contributed by atoms with Crippen LogP contribution in [0.15, 0.2) is 0 Å². The molecule has 0 saturated carbocycles. The number of aliphatic hydroxyl groups excluding tert-OH is 1. The van der Waals surface area contributed by atoms with E-state index < -0.39 is 13.9 Å². The fraction of sp³-hybridized carbons (Fsp3) is 1.00. The molecule has 0 aliphatic rings. The SMILES string of the molecule is CCCCCCCCCCCCCCCCOC[C@@H](COP(=O)([O-])OCC[N+](C)(C)CCOCCOCCO)OCCCCCCCCCCCCCCCC. The van der Waals surface area contributed by atoms with E-state index in [1.54, 1.807) is 0 Å². The molecule has 0 aromatic rings. The summed E-state index contributed by atoms with van der Waals surface area (Å²) in [5.74, 6) is 0. The highest BCUT2D eigenvalue weighted by Crippen LogP contribution is 2.38. The number of quaternary nitrogens is 1. The number of phosphoric acid groups is 1. The molecule has 0 spiro atoms. The largest absolute Gasteiger partial charge is 0.756 e. The molecule has 2 atom stereocenters. The summed E-state index contributed by atoms with van der Waals surface area (Å²) in [6.45, 7) is 8.87. The summed E-state index contributed by atoms with van der Waals surface area (Å²) < 4.78 is 46.6. The molecule has 0 heterocycles.